The van der Waals surface area contributed by atoms with Crippen LogP contribution in [0, 0.1) is 5.92 Å². The van der Waals surface area contributed by atoms with Crippen molar-refractivity contribution in [2.45, 2.75) is 57.9 Å². The van der Waals surface area contributed by atoms with Gasteiger partial charge in [-0.15, -0.1) is 0 Å². The van der Waals surface area contributed by atoms with Crippen molar-refractivity contribution in [3.05, 3.63) is 35.9 Å². The van der Waals surface area contributed by atoms with Gasteiger partial charge in [0.05, 0.1) is 16.8 Å². The lowest BCUT2D eigenvalue weighted by molar-refractivity contribution is -0.136. The Hall–Kier alpha value is -1.80. The SMILES string of the molecule is C=C(C(=O)Nc1ccc(B2OC(C)(C)C(C)(C)O2)c(C(F)(F)F)c1)C1CC1. The molecule has 1 aromatic carbocycles. The molecule has 27 heavy (non-hydrogen) atoms. The Morgan fingerprint density at radius 1 is 1.19 bits per heavy atom. The van der Waals surface area contributed by atoms with E-state index in [4.69, 9.17) is 9.31 Å². The lowest BCUT2D eigenvalue weighted by Crippen LogP contribution is -2.41. The Morgan fingerprint density at radius 2 is 1.74 bits per heavy atom. The van der Waals surface area contributed by atoms with Crippen molar-refractivity contribution in [3.63, 3.8) is 0 Å². The van der Waals surface area contributed by atoms with Crippen LogP contribution in [0.1, 0.15) is 46.1 Å². The van der Waals surface area contributed by atoms with E-state index in [1.165, 1.54) is 12.1 Å². The second kappa shape index (κ2) is 6.38. The Labute approximate surface area is 157 Å². The first-order valence-corrected chi connectivity index (χ1v) is 8.89. The normalized spacial score (nSPS) is 21.2. The number of halogens is 3. The molecule has 0 atom stereocenters. The number of anilines is 1. The number of carbonyl (C=O) groups is 1. The molecule has 1 aliphatic heterocycles. The van der Waals surface area contributed by atoms with Gasteiger partial charge in [0.1, 0.15) is 0 Å². The van der Waals surface area contributed by atoms with Crippen molar-refractivity contribution in [2.24, 2.45) is 5.92 Å². The molecule has 0 spiro atoms. The maximum Gasteiger partial charge on any atom is 0.495 e. The fourth-order valence-corrected chi connectivity index (χ4v) is 2.88. The van der Waals surface area contributed by atoms with Crippen LogP contribution >= 0.6 is 0 Å². The van der Waals surface area contributed by atoms with Gasteiger partial charge in [0, 0.05) is 11.3 Å². The van der Waals surface area contributed by atoms with Gasteiger partial charge >= 0.3 is 13.3 Å². The molecule has 0 unspecified atom stereocenters. The highest BCUT2D eigenvalue weighted by molar-refractivity contribution is 6.62. The summed E-state index contributed by atoms with van der Waals surface area (Å²) in [7, 11) is -1.14. The minimum atomic E-state index is -4.62. The molecular formula is C19H23BF3NO3. The smallest absolute Gasteiger partial charge is 0.399 e. The Kier molecular flexibility index (Phi) is 4.71. The second-order valence-electron chi connectivity index (χ2n) is 8.14. The highest BCUT2D eigenvalue weighted by atomic mass is 19.4. The van der Waals surface area contributed by atoms with E-state index in [2.05, 4.69) is 11.9 Å². The first-order chi connectivity index (χ1) is 12.3. The molecule has 1 saturated carbocycles. The summed E-state index contributed by atoms with van der Waals surface area (Å²) in [6.45, 7) is 10.8. The number of alkyl halides is 3. The van der Waals surface area contributed by atoms with Crippen LogP contribution < -0.4 is 10.8 Å². The van der Waals surface area contributed by atoms with E-state index in [0.717, 1.165) is 18.9 Å². The van der Waals surface area contributed by atoms with Crippen molar-refractivity contribution in [3.8, 4) is 0 Å². The van der Waals surface area contributed by atoms with Crippen LogP contribution in [0.25, 0.3) is 0 Å². The molecule has 4 nitrogen and oxygen atoms in total. The molecule has 0 bridgehead atoms. The van der Waals surface area contributed by atoms with E-state index in [1.54, 1.807) is 27.7 Å². The van der Waals surface area contributed by atoms with Gasteiger partial charge in [-0.25, -0.2) is 0 Å². The summed E-state index contributed by atoms with van der Waals surface area (Å²) in [6, 6.07) is 3.63. The molecule has 1 N–H and O–H groups in total. The average Bonchev–Trinajstić information content (AvgIpc) is 3.33. The summed E-state index contributed by atoms with van der Waals surface area (Å²) in [5.41, 5.74) is -2.05. The molecule has 1 saturated heterocycles. The van der Waals surface area contributed by atoms with Crippen LogP contribution in [0.2, 0.25) is 0 Å². The van der Waals surface area contributed by atoms with Crippen molar-refractivity contribution < 1.29 is 27.3 Å². The van der Waals surface area contributed by atoms with Gasteiger partial charge in [0.15, 0.2) is 0 Å². The zero-order valence-electron chi connectivity index (χ0n) is 15.9. The molecule has 0 aromatic heterocycles. The highest BCUT2D eigenvalue weighted by Crippen LogP contribution is 2.39. The number of rotatable bonds is 4. The van der Waals surface area contributed by atoms with Crippen LogP contribution in [0.4, 0.5) is 18.9 Å². The largest absolute Gasteiger partial charge is 0.495 e. The summed E-state index contributed by atoms with van der Waals surface area (Å²) < 4.78 is 52.5. The lowest BCUT2D eigenvalue weighted by atomic mass is 9.75. The zero-order chi connectivity index (χ0) is 20.2. The molecule has 0 radical (unpaired) electrons. The molecule has 2 fully saturated rings. The minimum Gasteiger partial charge on any atom is -0.399 e. The molecule has 2 aliphatic rings. The van der Waals surface area contributed by atoms with E-state index in [9.17, 15) is 18.0 Å². The summed E-state index contributed by atoms with van der Waals surface area (Å²) in [5.74, 6) is -0.315. The second-order valence-corrected chi connectivity index (χ2v) is 8.14. The Balaban J connectivity index is 1.89. The van der Waals surface area contributed by atoms with Gasteiger partial charge in [-0.1, -0.05) is 12.6 Å². The number of hydrogen-bond donors (Lipinski definition) is 1. The summed E-state index contributed by atoms with van der Waals surface area (Å²) in [4.78, 5) is 12.1. The monoisotopic (exact) mass is 381 g/mol. The maximum atomic E-state index is 13.7. The third-order valence-electron chi connectivity index (χ3n) is 5.49. The molecule has 146 valence electrons. The molecule has 1 aromatic rings. The van der Waals surface area contributed by atoms with Gasteiger partial charge in [-0.05, 0) is 64.1 Å². The van der Waals surface area contributed by atoms with E-state index >= 15 is 0 Å². The Bertz CT molecular complexity index is 769. The topological polar surface area (TPSA) is 47.6 Å². The average molecular weight is 381 g/mol. The number of benzene rings is 1. The van der Waals surface area contributed by atoms with Crippen LogP contribution in [-0.4, -0.2) is 24.2 Å². The Morgan fingerprint density at radius 3 is 2.22 bits per heavy atom. The standard InChI is InChI=1S/C19H23BF3NO3/c1-11(12-6-7-12)16(25)24-13-8-9-15(14(10-13)19(21,22)23)20-26-17(2,3)18(4,5)27-20/h8-10,12H,1,6-7H2,2-5H3,(H,24,25). The van der Waals surface area contributed by atoms with E-state index in [0.29, 0.717) is 5.57 Å². The van der Waals surface area contributed by atoms with Gasteiger partial charge in [0.25, 0.3) is 5.91 Å². The van der Waals surface area contributed by atoms with E-state index < -0.39 is 36.0 Å². The molecule has 3 rings (SSSR count). The van der Waals surface area contributed by atoms with Crippen LogP contribution in [0.5, 0.6) is 0 Å². The lowest BCUT2D eigenvalue weighted by Gasteiger charge is -2.32. The van der Waals surface area contributed by atoms with E-state index in [-0.39, 0.29) is 17.1 Å². The van der Waals surface area contributed by atoms with E-state index in [1.807, 2.05) is 0 Å². The fraction of sp³-hybridized carbons (Fsp3) is 0.526. The summed E-state index contributed by atoms with van der Waals surface area (Å²) in [5, 5.41) is 2.51. The van der Waals surface area contributed by atoms with Crippen molar-refractivity contribution >= 4 is 24.2 Å². The summed E-state index contributed by atoms with van der Waals surface area (Å²) >= 11 is 0. The number of amides is 1. The predicted molar refractivity (Wildman–Crippen MR) is 97.7 cm³/mol. The van der Waals surface area contributed by atoms with Gasteiger partial charge < -0.3 is 14.6 Å². The zero-order valence-corrected chi connectivity index (χ0v) is 15.9. The van der Waals surface area contributed by atoms with Crippen LogP contribution in [0.15, 0.2) is 30.4 Å². The molecule has 1 aliphatic carbocycles. The number of nitrogens with one attached hydrogen (secondary N) is 1. The third-order valence-corrected chi connectivity index (χ3v) is 5.49. The van der Waals surface area contributed by atoms with Gasteiger partial charge in [-0.3, -0.25) is 4.79 Å². The van der Waals surface area contributed by atoms with Crippen molar-refractivity contribution in [1.82, 2.24) is 0 Å². The predicted octanol–water partition coefficient (Wildman–Crippen LogP) is 3.91. The molecule has 1 amide bonds. The first kappa shape index (κ1) is 20.0. The minimum absolute atomic E-state index is 0.0643. The number of carbonyl (C=O) groups excluding carboxylic acids is 1. The number of hydrogen-bond acceptors (Lipinski definition) is 3. The molecular weight excluding hydrogens is 358 g/mol. The van der Waals surface area contributed by atoms with Crippen LogP contribution in [-0.2, 0) is 20.3 Å². The maximum absolute atomic E-state index is 13.7. The summed E-state index contributed by atoms with van der Waals surface area (Å²) in [6.07, 6.45) is -2.84. The van der Waals surface area contributed by atoms with Crippen molar-refractivity contribution in [2.75, 3.05) is 5.32 Å². The van der Waals surface area contributed by atoms with Crippen molar-refractivity contribution in [1.29, 1.82) is 0 Å². The molecule has 8 heteroatoms. The third kappa shape index (κ3) is 3.92. The molecule has 1 heterocycles. The van der Waals surface area contributed by atoms with Gasteiger partial charge in [0.2, 0.25) is 0 Å². The first-order valence-electron chi connectivity index (χ1n) is 8.89. The quantitative estimate of drug-likeness (QED) is 0.636. The van der Waals surface area contributed by atoms with Crippen LogP contribution in [0.3, 0.4) is 0 Å². The fourth-order valence-electron chi connectivity index (χ4n) is 2.88. The highest BCUT2D eigenvalue weighted by Gasteiger charge is 2.53. The van der Waals surface area contributed by atoms with Gasteiger partial charge in [-0.2, -0.15) is 13.2 Å².